The zero-order valence-electron chi connectivity index (χ0n) is 12.7. The van der Waals surface area contributed by atoms with E-state index >= 15 is 0 Å². The highest BCUT2D eigenvalue weighted by Gasteiger charge is 2.15. The molecule has 1 unspecified atom stereocenters. The molecule has 0 saturated carbocycles. The Labute approximate surface area is 143 Å². The maximum absolute atomic E-state index is 5.61. The van der Waals surface area contributed by atoms with Crippen molar-refractivity contribution in [3.63, 3.8) is 0 Å². The number of hydrogen-bond donors (Lipinski definition) is 1. The largest absolute Gasteiger partial charge is 0.315 e. The van der Waals surface area contributed by atoms with Crippen LogP contribution >= 0.6 is 34.9 Å². The van der Waals surface area contributed by atoms with Crippen LogP contribution in [-0.4, -0.2) is 21.4 Å². The number of nitrogens with one attached hydrogen (secondary N) is 1. The Morgan fingerprint density at radius 3 is 2.82 bits per heavy atom. The predicted octanol–water partition coefficient (Wildman–Crippen LogP) is 2.90. The molecule has 0 aliphatic rings. The molecular formula is C15H19N4S3+. The summed E-state index contributed by atoms with van der Waals surface area (Å²) in [6.07, 6.45) is 0. The Bertz CT molecular complexity index is 768. The Morgan fingerprint density at radius 1 is 1.32 bits per heavy atom. The monoisotopic (exact) mass is 351 g/mol. The minimum absolute atomic E-state index is 0.778. The summed E-state index contributed by atoms with van der Waals surface area (Å²) in [5.41, 5.74) is 1.36. The maximum Gasteiger partial charge on any atom is 0.203 e. The lowest BCUT2D eigenvalue weighted by atomic mass is 10.3. The van der Waals surface area contributed by atoms with Gasteiger partial charge in [-0.15, -0.1) is 16.4 Å². The van der Waals surface area contributed by atoms with Crippen molar-refractivity contribution in [2.45, 2.75) is 26.7 Å². The Kier molecular flexibility index (Phi) is 4.87. The van der Waals surface area contributed by atoms with Gasteiger partial charge in [-0.25, -0.2) is 0 Å². The summed E-state index contributed by atoms with van der Waals surface area (Å²) in [7, 11) is 2.18. The molecule has 3 rings (SSSR count). The van der Waals surface area contributed by atoms with Crippen molar-refractivity contribution in [3.8, 4) is 10.7 Å². The van der Waals surface area contributed by atoms with Gasteiger partial charge in [0.25, 0.3) is 0 Å². The summed E-state index contributed by atoms with van der Waals surface area (Å²) in [6, 6.07) is 6.32. The van der Waals surface area contributed by atoms with Crippen LogP contribution in [0.1, 0.15) is 12.5 Å². The van der Waals surface area contributed by atoms with Crippen LogP contribution in [0, 0.1) is 4.77 Å². The highest BCUT2D eigenvalue weighted by atomic mass is 32.1. The Hall–Kier alpha value is -1.28. The maximum atomic E-state index is 5.61. The van der Waals surface area contributed by atoms with E-state index in [1.807, 2.05) is 4.68 Å². The van der Waals surface area contributed by atoms with Gasteiger partial charge in [-0.1, -0.05) is 6.07 Å². The first kappa shape index (κ1) is 15.6. The van der Waals surface area contributed by atoms with Gasteiger partial charge in [-0.3, -0.25) is 4.57 Å². The first-order chi connectivity index (χ1) is 10.7. The number of nitrogens with zero attached hydrogens (tertiary/aromatic N) is 3. The van der Waals surface area contributed by atoms with E-state index in [1.165, 1.54) is 15.3 Å². The van der Waals surface area contributed by atoms with E-state index in [0.717, 1.165) is 30.4 Å². The molecular weight excluding hydrogens is 332 g/mol. The topological polar surface area (TPSA) is 27.2 Å². The molecule has 1 atom stereocenters. The number of quaternary nitrogens is 1. The molecule has 0 saturated heterocycles. The normalized spacial score (nSPS) is 12.6. The van der Waals surface area contributed by atoms with E-state index < -0.39 is 0 Å². The average molecular weight is 352 g/mol. The summed E-state index contributed by atoms with van der Waals surface area (Å²) in [6.45, 7) is 4.72. The molecule has 116 valence electrons. The second-order valence-electron chi connectivity index (χ2n) is 5.25. The minimum Gasteiger partial charge on any atom is -0.315 e. The SMILES string of the molecule is CCn1c(-c2cccs2)nn(C[NH+](C)Cc2ccsc2)c1=S. The predicted molar refractivity (Wildman–Crippen MR) is 94.9 cm³/mol. The summed E-state index contributed by atoms with van der Waals surface area (Å²) in [4.78, 5) is 2.54. The lowest BCUT2D eigenvalue weighted by molar-refractivity contribution is -0.917. The van der Waals surface area contributed by atoms with Crippen molar-refractivity contribution in [1.29, 1.82) is 0 Å². The van der Waals surface area contributed by atoms with E-state index in [-0.39, 0.29) is 0 Å². The summed E-state index contributed by atoms with van der Waals surface area (Å²) >= 11 is 9.05. The van der Waals surface area contributed by atoms with Gasteiger partial charge in [0.05, 0.1) is 11.9 Å². The second kappa shape index (κ2) is 6.87. The minimum atomic E-state index is 0.778. The third kappa shape index (κ3) is 3.22. The van der Waals surface area contributed by atoms with Crippen molar-refractivity contribution >= 4 is 34.9 Å². The van der Waals surface area contributed by atoms with Crippen LogP contribution in [0.25, 0.3) is 10.7 Å². The van der Waals surface area contributed by atoms with E-state index in [1.54, 1.807) is 22.7 Å². The molecule has 0 spiro atoms. The van der Waals surface area contributed by atoms with E-state index in [2.05, 4.69) is 52.9 Å². The molecule has 3 heterocycles. The molecule has 0 fully saturated rings. The third-order valence-electron chi connectivity index (χ3n) is 3.49. The van der Waals surface area contributed by atoms with Crippen LogP contribution < -0.4 is 4.90 Å². The fourth-order valence-electron chi connectivity index (χ4n) is 2.47. The van der Waals surface area contributed by atoms with Crippen LogP contribution in [0.5, 0.6) is 0 Å². The quantitative estimate of drug-likeness (QED) is 0.692. The number of thiophene rings is 2. The van der Waals surface area contributed by atoms with Gasteiger partial charge in [0.1, 0.15) is 6.54 Å². The van der Waals surface area contributed by atoms with Crippen molar-refractivity contribution in [1.82, 2.24) is 14.3 Å². The molecule has 22 heavy (non-hydrogen) atoms. The van der Waals surface area contributed by atoms with Crippen molar-refractivity contribution in [2.24, 2.45) is 0 Å². The summed E-state index contributed by atoms with van der Waals surface area (Å²) in [5, 5.41) is 11.2. The lowest BCUT2D eigenvalue weighted by Gasteiger charge is -2.12. The van der Waals surface area contributed by atoms with Crippen LogP contribution in [0.3, 0.4) is 0 Å². The molecule has 1 N–H and O–H groups in total. The fraction of sp³-hybridized carbons (Fsp3) is 0.333. The second-order valence-corrected chi connectivity index (χ2v) is 7.34. The molecule has 4 nitrogen and oxygen atoms in total. The van der Waals surface area contributed by atoms with Gasteiger partial charge < -0.3 is 4.90 Å². The van der Waals surface area contributed by atoms with Crippen LogP contribution in [0.15, 0.2) is 34.3 Å². The molecule has 0 aliphatic carbocycles. The molecule has 0 amide bonds. The van der Waals surface area contributed by atoms with E-state index in [4.69, 9.17) is 17.3 Å². The Balaban J connectivity index is 1.83. The molecule has 0 aromatic carbocycles. The first-order valence-electron chi connectivity index (χ1n) is 7.23. The number of aromatic nitrogens is 3. The molecule has 0 bridgehead atoms. The van der Waals surface area contributed by atoms with E-state index in [9.17, 15) is 0 Å². The standard InChI is InChI=1S/C15H18N4S3/c1-3-18-14(13-5-4-7-22-13)16-19(15(18)20)11-17(2)9-12-6-8-21-10-12/h4-8,10H,3,9,11H2,1-2H3/p+1. The molecule has 0 aliphatic heterocycles. The fourth-order valence-corrected chi connectivity index (χ4v) is 4.18. The molecule has 0 radical (unpaired) electrons. The highest BCUT2D eigenvalue weighted by Crippen LogP contribution is 2.23. The summed E-state index contributed by atoms with van der Waals surface area (Å²) in [5.74, 6) is 0.978. The van der Waals surface area contributed by atoms with Gasteiger partial charge in [-0.05, 0) is 47.4 Å². The molecule has 3 aromatic heterocycles. The van der Waals surface area contributed by atoms with Gasteiger partial charge in [-0.2, -0.15) is 16.0 Å². The zero-order chi connectivity index (χ0) is 15.5. The highest BCUT2D eigenvalue weighted by molar-refractivity contribution is 7.71. The summed E-state index contributed by atoms with van der Waals surface area (Å²) < 4.78 is 4.87. The number of rotatable bonds is 6. The first-order valence-corrected chi connectivity index (χ1v) is 9.46. The van der Waals surface area contributed by atoms with Crippen LogP contribution in [-0.2, 0) is 19.8 Å². The zero-order valence-corrected chi connectivity index (χ0v) is 15.1. The van der Waals surface area contributed by atoms with Crippen molar-refractivity contribution in [3.05, 3.63) is 44.7 Å². The lowest BCUT2D eigenvalue weighted by Crippen LogP contribution is -3.06. The smallest absolute Gasteiger partial charge is 0.203 e. The van der Waals surface area contributed by atoms with Crippen LogP contribution in [0.2, 0.25) is 0 Å². The van der Waals surface area contributed by atoms with E-state index in [0.29, 0.717) is 0 Å². The van der Waals surface area contributed by atoms with Crippen molar-refractivity contribution in [2.75, 3.05) is 7.05 Å². The van der Waals surface area contributed by atoms with Gasteiger partial charge in [0, 0.05) is 12.1 Å². The van der Waals surface area contributed by atoms with Gasteiger partial charge in [0.15, 0.2) is 12.5 Å². The third-order valence-corrected chi connectivity index (χ3v) is 5.52. The van der Waals surface area contributed by atoms with Crippen molar-refractivity contribution < 1.29 is 4.90 Å². The molecule has 3 aromatic rings. The Morgan fingerprint density at radius 2 is 2.18 bits per heavy atom. The molecule has 7 heteroatoms. The van der Waals surface area contributed by atoms with Gasteiger partial charge >= 0.3 is 0 Å². The van der Waals surface area contributed by atoms with Gasteiger partial charge in [0.2, 0.25) is 4.77 Å². The van der Waals surface area contributed by atoms with Crippen LogP contribution in [0.4, 0.5) is 0 Å². The average Bonchev–Trinajstić information content (AvgIpc) is 3.21. The number of hydrogen-bond acceptors (Lipinski definition) is 4.